The van der Waals surface area contributed by atoms with E-state index in [2.05, 4.69) is 60.4 Å². The van der Waals surface area contributed by atoms with Gasteiger partial charge in [0.1, 0.15) is 0 Å². The lowest BCUT2D eigenvalue weighted by atomic mass is 10.0. The fourth-order valence-electron chi connectivity index (χ4n) is 5.04. The van der Waals surface area contributed by atoms with Crippen LogP contribution in [0.25, 0.3) is 0 Å². The van der Waals surface area contributed by atoms with Crippen LogP contribution in [0.2, 0.25) is 0 Å². The molecule has 0 spiro atoms. The first-order valence-electron chi connectivity index (χ1n) is 11.2. The van der Waals surface area contributed by atoms with E-state index in [4.69, 9.17) is 0 Å². The van der Waals surface area contributed by atoms with Gasteiger partial charge in [-0.3, -0.25) is 9.69 Å². The first kappa shape index (κ1) is 22.0. The molecule has 1 fully saturated rings. The second-order valence-electron chi connectivity index (χ2n) is 8.88. The summed E-state index contributed by atoms with van der Waals surface area (Å²) in [7, 11) is -3.03. The molecule has 6 heteroatoms. The maximum atomic E-state index is 13.4. The fourth-order valence-corrected chi connectivity index (χ4v) is 6.77. The highest BCUT2D eigenvalue weighted by molar-refractivity contribution is 7.91. The summed E-state index contributed by atoms with van der Waals surface area (Å²) in [5.41, 5.74) is 5.09. The third-order valence-corrected chi connectivity index (χ3v) is 8.45. The van der Waals surface area contributed by atoms with Gasteiger partial charge in [0.15, 0.2) is 9.84 Å². The van der Waals surface area contributed by atoms with E-state index >= 15 is 0 Å². The van der Waals surface area contributed by atoms with Crippen molar-refractivity contribution in [1.82, 2.24) is 9.80 Å². The molecule has 5 nitrogen and oxygen atoms in total. The number of aryl methyl sites for hydroxylation is 2. The van der Waals surface area contributed by atoms with Gasteiger partial charge in [0.25, 0.3) is 0 Å². The second-order valence-corrected chi connectivity index (χ2v) is 11.1. The van der Waals surface area contributed by atoms with Gasteiger partial charge in [-0.25, -0.2) is 8.42 Å². The molecule has 2 aromatic rings. The Morgan fingerprint density at radius 1 is 1.06 bits per heavy atom. The molecule has 0 bridgehead atoms. The topological polar surface area (TPSA) is 57.7 Å². The Kier molecular flexibility index (Phi) is 6.49. The van der Waals surface area contributed by atoms with Crippen LogP contribution in [0.4, 0.5) is 0 Å². The Labute approximate surface area is 186 Å². The van der Waals surface area contributed by atoms with Gasteiger partial charge in [0, 0.05) is 25.2 Å². The quantitative estimate of drug-likeness (QED) is 0.661. The lowest BCUT2D eigenvalue weighted by molar-refractivity contribution is -0.134. The van der Waals surface area contributed by atoms with Crippen molar-refractivity contribution in [2.45, 2.75) is 51.7 Å². The summed E-state index contributed by atoms with van der Waals surface area (Å²) in [6, 6.07) is 17.0. The van der Waals surface area contributed by atoms with Gasteiger partial charge >= 0.3 is 0 Å². The number of amides is 1. The average Bonchev–Trinajstić information content (AvgIpc) is 3.33. The van der Waals surface area contributed by atoms with E-state index in [1.807, 2.05) is 6.92 Å². The van der Waals surface area contributed by atoms with Crippen molar-refractivity contribution in [1.29, 1.82) is 0 Å². The van der Waals surface area contributed by atoms with Crippen LogP contribution in [0.5, 0.6) is 0 Å². The zero-order valence-corrected chi connectivity index (χ0v) is 19.3. The zero-order chi connectivity index (χ0) is 22.0. The van der Waals surface area contributed by atoms with Gasteiger partial charge in [0.05, 0.1) is 18.1 Å². The van der Waals surface area contributed by atoms with E-state index in [1.165, 1.54) is 22.3 Å². The van der Waals surface area contributed by atoms with E-state index < -0.39 is 9.84 Å². The first-order chi connectivity index (χ1) is 14.9. The predicted molar refractivity (Wildman–Crippen MR) is 124 cm³/mol. The number of hydrogen-bond donors (Lipinski definition) is 0. The number of fused-ring (bicyclic) bond motifs is 1. The maximum absolute atomic E-state index is 13.4. The number of nitrogens with zero attached hydrogens (tertiary/aromatic N) is 2. The SMILES string of the molecule is CCN(C(=O)CN(Cc1ccc(C)cc1)C1CCc2ccccc21)C1CCS(=O)(=O)C1. The molecule has 1 saturated heterocycles. The van der Waals surface area contributed by atoms with Crippen LogP contribution in [-0.4, -0.2) is 54.8 Å². The number of hydrogen-bond acceptors (Lipinski definition) is 4. The molecule has 0 saturated carbocycles. The highest BCUT2D eigenvalue weighted by Gasteiger charge is 2.36. The van der Waals surface area contributed by atoms with Gasteiger partial charge in [0.2, 0.25) is 5.91 Å². The van der Waals surface area contributed by atoms with E-state index in [9.17, 15) is 13.2 Å². The molecule has 2 aromatic carbocycles. The van der Waals surface area contributed by atoms with Gasteiger partial charge in [-0.2, -0.15) is 0 Å². The monoisotopic (exact) mass is 440 g/mol. The molecule has 1 aliphatic carbocycles. The summed E-state index contributed by atoms with van der Waals surface area (Å²) in [5.74, 6) is 0.308. The van der Waals surface area contributed by atoms with Crippen LogP contribution in [0.3, 0.4) is 0 Å². The molecule has 31 heavy (non-hydrogen) atoms. The van der Waals surface area contributed by atoms with Crippen LogP contribution in [0, 0.1) is 6.92 Å². The van der Waals surface area contributed by atoms with Crippen molar-refractivity contribution >= 4 is 15.7 Å². The number of rotatable bonds is 7. The summed E-state index contributed by atoms with van der Waals surface area (Å²) < 4.78 is 23.9. The van der Waals surface area contributed by atoms with E-state index in [1.54, 1.807) is 4.90 Å². The Hall–Kier alpha value is -2.18. The van der Waals surface area contributed by atoms with Crippen molar-refractivity contribution in [3.05, 3.63) is 70.8 Å². The summed E-state index contributed by atoms with van der Waals surface area (Å²) in [4.78, 5) is 17.5. The van der Waals surface area contributed by atoms with Gasteiger partial charge < -0.3 is 4.90 Å². The molecule has 2 atom stereocenters. The van der Waals surface area contributed by atoms with E-state index in [0.717, 1.165) is 12.8 Å². The van der Waals surface area contributed by atoms with Crippen LogP contribution in [0.1, 0.15) is 48.1 Å². The highest BCUT2D eigenvalue weighted by Crippen LogP contribution is 2.36. The minimum Gasteiger partial charge on any atom is -0.338 e. The third-order valence-electron chi connectivity index (χ3n) is 6.70. The first-order valence-corrected chi connectivity index (χ1v) is 13.1. The molecule has 2 aliphatic rings. The predicted octanol–water partition coefficient (Wildman–Crippen LogP) is 3.52. The van der Waals surface area contributed by atoms with Crippen molar-refractivity contribution in [3.8, 4) is 0 Å². The number of benzene rings is 2. The summed E-state index contributed by atoms with van der Waals surface area (Å²) in [5, 5.41) is 0. The van der Waals surface area contributed by atoms with Crippen molar-refractivity contribution in [3.63, 3.8) is 0 Å². The summed E-state index contributed by atoms with van der Waals surface area (Å²) in [6.07, 6.45) is 2.58. The molecule has 0 aromatic heterocycles. The lowest BCUT2D eigenvalue weighted by Crippen LogP contribution is -2.46. The molecule has 0 N–H and O–H groups in total. The molecule has 1 amide bonds. The normalized spacial score (nSPS) is 21.9. The number of carbonyl (C=O) groups is 1. The van der Waals surface area contributed by atoms with Crippen LogP contribution in [-0.2, 0) is 27.6 Å². The Morgan fingerprint density at radius 2 is 1.81 bits per heavy atom. The fraction of sp³-hybridized carbons (Fsp3) is 0.480. The van der Waals surface area contributed by atoms with Gasteiger partial charge in [-0.05, 0) is 49.8 Å². The average molecular weight is 441 g/mol. The standard InChI is InChI=1S/C25H32N2O3S/c1-3-27(22-14-15-31(29,30)18-22)25(28)17-26(16-20-10-8-19(2)9-11-20)24-13-12-21-6-4-5-7-23(21)24/h4-11,22,24H,3,12-18H2,1-2H3. The molecule has 166 valence electrons. The highest BCUT2D eigenvalue weighted by atomic mass is 32.2. The van der Waals surface area contributed by atoms with E-state index in [-0.39, 0.29) is 29.5 Å². The number of sulfone groups is 1. The molecule has 1 heterocycles. The molecular formula is C25H32N2O3S. The van der Waals surface area contributed by atoms with Gasteiger partial charge in [-0.15, -0.1) is 0 Å². The Balaban J connectivity index is 1.56. The van der Waals surface area contributed by atoms with Crippen LogP contribution in [0.15, 0.2) is 48.5 Å². The third kappa shape index (κ3) is 5.01. The Bertz CT molecular complexity index is 1030. The van der Waals surface area contributed by atoms with Crippen molar-refractivity contribution < 1.29 is 13.2 Å². The van der Waals surface area contributed by atoms with E-state index in [0.29, 0.717) is 26.1 Å². The second kappa shape index (κ2) is 9.13. The van der Waals surface area contributed by atoms with Crippen molar-refractivity contribution in [2.24, 2.45) is 0 Å². The number of likely N-dealkylation sites (N-methyl/N-ethyl adjacent to an activating group) is 1. The van der Waals surface area contributed by atoms with Gasteiger partial charge in [-0.1, -0.05) is 54.1 Å². The summed E-state index contributed by atoms with van der Waals surface area (Å²) in [6.45, 7) is 5.56. The lowest BCUT2D eigenvalue weighted by Gasteiger charge is -2.33. The summed E-state index contributed by atoms with van der Waals surface area (Å²) >= 11 is 0. The van der Waals surface area contributed by atoms with Crippen molar-refractivity contribution in [2.75, 3.05) is 24.6 Å². The number of carbonyl (C=O) groups excluding carboxylic acids is 1. The molecule has 2 unspecified atom stereocenters. The molecular weight excluding hydrogens is 408 g/mol. The molecule has 0 radical (unpaired) electrons. The van der Waals surface area contributed by atoms with Crippen LogP contribution < -0.4 is 0 Å². The zero-order valence-electron chi connectivity index (χ0n) is 18.5. The smallest absolute Gasteiger partial charge is 0.237 e. The molecule has 4 rings (SSSR count). The minimum atomic E-state index is -3.03. The minimum absolute atomic E-state index is 0.0288. The largest absolute Gasteiger partial charge is 0.338 e. The Morgan fingerprint density at radius 3 is 2.48 bits per heavy atom. The van der Waals surface area contributed by atoms with Crippen LogP contribution >= 0.6 is 0 Å². The maximum Gasteiger partial charge on any atom is 0.237 e. The molecule has 1 aliphatic heterocycles.